The third-order valence-electron chi connectivity index (χ3n) is 2.79. The van der Waals surface area contributed by atoms with Gasteiger partial charge in [0.25, 0.3) is 0 Å². The molecule has 0 fully saturated rings. The highest BCUT2D eigenvalue weighted by molar-refractivity contribution is 5.90. The number of nitriles is 1. The van der Waals surface area contributed by atoms with E-state index in [4.69, 9.17) is 15.7 Å². The van der Waals surface area contributed by atoms with Crippen LogP contribution >= 0.6 is 0 Å². The minimum Gasteiger partial charge on any atom is -0.462 e. The van der Waals surface area contributed by atoms with E-state index in [1.165, 1.54) is 0 Å². The van der Waals surface area contributed by atoms with E-state index >= 15 is 0 Å². The molecule has 20 heavy (non-hydrogen) atoms. The van der Waals surface area contributed by atoms with Crippen LogP contribution in [0.1, 0.15) is 37.0 Å². The van der Waals surface area contributed by atoms with Crippen LogP contribution in [-0.4, -0.2) is 12.6 Å². The van der Waals surface area contributed by atoms with Gasteiger partial charge in [-0.05, 0) is 32.8 Å². The summed E-state index contributed by atoms with van der Waals surface area (Å²) in [4.78, 5) is 11.6. The van der Waals surface area contributed by atoms with Crippen molar-refractivity contribution in [2.24, 2.45) is 5.41 Å². The number of nitrogens with zero attached hydrogens (tertiary/aromatic N) is 1. The predicted octanol–water partition coefficient (Wildman–Crippen LogP) is 3.03. The summed E-state index contributed by atoms with van der Waals surface area (Å²) in [5, 5.41) is 8.82. The maximum atomic E-state index is 13.4. The summed E-state index contributed by atoms with van der Waals surface area (Å²) in [7, 11) is 0. The molecule has 108 valence electrons. The van der Waals surface area contributed by atoms with Crippen LogP contribution in [-0.2, 0) is 4.74 Å². The first kappa shape index (κ1) is 15.9. The maximum Gasteiger partial charge on any atom is 0.341 e. The molecule has 0 amide bonds. The van der Waals surface area contributed by atoms with Gasteiger partial charge in [0.15, 0.2) is 0 Å². The van der Waals surface area contributed by atoms with E-state index < -0.39 is 28.6 Å². The number of ether oxygens (including phenoxy) is 1. The molecule has 0 heterocycles. The second-order valence-corrected chi connectivity index (χ2v) is 5.09. The molecule has 0 aliphatic carbocycles. The van der Waals surface area contributed by atoms with Gasteiger partial charge in [-0.15, -0.1) is 0 Å². The lowest BCUT2D eigenvalue weighted by atomic mass is 9.90. The molecule has 0 atom stereocenters. The third-order valence-corrected chi connectivity index (χ3v) is 2.79. The number of nitrogens with two attached hydrogens (primary N) is 1. The Labute approximate surface area is 116 Å². The molecule has 1 rings (SSSR count). The Kier molecular flexibility index (Phi) is 5.03. The lowest BCUT2D eigenvalue weighted by Crippen LogP contribution is -2.13. The zero-order chi connectivity index (χ0) is 15.3. The van der Waals surface area contributed by atoms with Crippen molar-refractivity contribution in [2.75, 3.05) is 12.3 Å². The smallest absolute Gasteiger partial charge is 0.341 e. The highest BCUT2D eigenvalue weighted by Gasteiger charge is 2.18. The number of rotatable bonds is 5. The Balaban J connectivity index is 2.57. The largest absolute Gasteiger partial charge is 0.462 e. The van der Waals surface area contributed by atoms with Crippen LogP contribution in [0.3, 0.4) is 0 Å². The lowest BCUT2D eigenvalue weighted by molar-refractivity contribution is 0.0485. The summed E-state index contributed by atoms with van der Waals surface area (Å²) < 4.78 is 31.2. The number of hydrogen-bond acceptors (Lipinski definition) is 4. The Morgan fingerprint density at radius 1 is 1.40 bits per heavy atom. The zero-order valence-corrected chi connectivity index (χ0v) is 11.4. The van der Waals surface area contributed by atoms with Gasteiger partial charge in [0.2, 0.25) is 0 Å². The standard InChI is InChI=1S/C14H16F2N2O2/c1-14(2,8-17)4-3-5-20-13(19)9-6-12(18)11(16)7-10(9)15/h6-7H,3-5,18H2,1-2H3. The van der Waals surface area contributed by atoms with E-state index in [0.29, 0.717) is 18.9 Å². The number of esters is 1. The summed E-state index contributed by atoms with van der Waals surface area (Å²) in [6.45, 7) is 3.60. The van der Waals surface area contributed by atoms with Crippen LogP contribution in [0.4, 0.5) is 14.5 Å². The minimum absolute atomic E-state index is 0.0562. The Bertz CT molecular complexity index is 551. The quantitative estimate of drug-likeness (QED) is 0.511. The predicted molar refractivity (Wildman–Crippen MR) is 69.7 cm³/mol. The van der Waals surface area contributed by atoms with Crippen molar-refractivity contribution >= 4 is 11.7 Å². The van der Waals surface area contributed by atoms with Crippen molar-refractivity contribution in [3.63, 3.8) is 0 Å². The van der Waals surface area contributed by atoms with Crippen LogP contribution < -0.4 is 5.73 Å². The molecule has 4 nitrogen and oxygen atoms in total. The molecular weight excluding hydrogens is 266 g/mol. The van der Waals surface area contributed by atoms with Gasteiger partial charge in [0, 0.05) is 6.07 Å². The average Bonchev–Trinajstić information content (AvgIpc) is 2.38. The first-order chi connectivity index (χ1) is 9.26. The van der Waals surface area contributed by atoms with Gasteiger partial charge in [-0.25, -0.2) is 13.6 Å². The fourth-order valence-electron chi connectivity index (χ4n) is 1.53. The number of nitrogen functional groups attached to an aromatic ring is 1. The van der Waals surface area contributed by atoms with Crippen LogP contribution in [0.2, 0.25) is 0 Å². The summed E-state index contributed by atoms with van der Waals surface area (Å²) in [5.41, 5.74) is 4.05. The second-order valence-electron chi connectivity index (χ2n) is 5.09. The number of carbonyl (C=O) groups excluding carboxylic acids is 1. The Hall–Kier alpha value is -2.16. The fraction of sp³-hybridized carbons (Fsp3) is 0.429. The number of hydrogen-bond donors (Lipinski definition) is 1. The normalized spacial score (nSPS) is 10.9. The van der Waals surface area contributed by atoms with Gasteiger partial charge in [-0.2, -0.15) is 5.26 Å². The summed E-state index contributed by atoms with van der Waals surface area (Å²) in [6, 6.07) is 3.58. The van der Waals surface area contributed by atoms with Gasteiger partial charge < -0.3 is 10.5 Å². The summed E-state index contributed by atoms with van der Waals surface area (Å²) >= 11 is 0. The SMILES string of the molecule is CC(C)(C#N)CCCOC(=O)c1cc(N)c(F)cc1F. The van der Waals surface area contributed by atoms with Crippen molar-refractivity contribution in [3.05, 3.63) is 29.3 Å². The molecule has 0 saturated carbocycles. The van der Waals surface area contributed by atoms with Crippen LogP contribution in [0.5, 0.6) is 0 Å². The Morgan fingerprint density at radius 3 is 2.65 bits per heavy atom. The van der Waals surface area contributed by atoms with E-state index in [-0.39, 0.29) is 12.3 Å². The number of halogens is 2. The molecule has 0 aromatic heterocycles. The van der Waals surface area contributed by atoms with Crippen molar-refractivity contribution in [3.8, 4) is 6.07 Å². The first-order valence-electron chi connectivity index (χ1n) is 6.10. The molecule has 2 N–H and O–H groups in total. The third kappa shape index (κ3) is 4.19. The van der Waals surface area contributed by atoms with E-state index in [9.17, 15) is 13.6 Å². The van der Waals surface area contributed by atoms with Crippen LogP contribution in [0, 0.1) is 28.4 Å². The molecule has 6 heteroatoms. The van der Waals surface area contributed by atoms with Crippen LogP contribution in [0.15, 0.2) is 12.1 Å². The lowest BCUT2D eigenvalue weighted by Gasteiger charge is -2.14. The molecular formula is C14H16F2N2O2. The Morgan fingerprint density at radius 2 is 2.05 bits per heavy atom. The van der Waals surface area contributed by atoms with Crippen molar-refractivity contribution in [2.45, 2.75) is 26.7 Å². The van der Waals surface area contributed by atoms with Crippen LogP contribution in [0.25, 0.3) is 0 Å². The van der Waals surface area contributed by atoms with Gasteiger partial charge >= 0.3 is 5.97 Å². The van der Waals surface area contributed by atoms with Gasteiger partial charge in [-0.1, -0.05) is 0 Å². The summed E-state index contributed by atoms with van der Waals surface area (Å²) in [5.74, 6) is -2.84. The van der Waals surface area contributed by atoms with Crippen molar-refractivity contribution in [1.82, 2.24) is 0 Å². The molecule has 0 unspecified atom stereocenters. The number of carbonyl (C=O) groups is 1. The molecule has 0 aliphatic heterocycles. The van der Waals surface area contributed by atoms with Gasteiger partial charge in [0.1, 0.15) is 11.6 Å². The van der Waals surface area contributed by atoms with Gasteiger partial charge in [-0.3, -0.25) is 0 Å². The highest BCUT2D eigenvalue weighted by atomic mass is 19.1. The number of benzene rings is 1. The number of anilines is 1. The molecule has 1 aromatic carbocycles. The minimum atomic E-state index is -1.01. The molecule has 0 bridgehead atoms. The molecule has 0 radical (unpaired) electrons. The van der Waals surface area contributed by atoms with E-state index in [1.807, 2.05) is 0 Å². The topological polar surface area (TPSA) is 76.1 Å². The monoisotopic (exact) mass is 282 g/mol. The van der Waals surface area contributed by atoms with Crippen molar-refractivity contribution in [1.29, 1.82) is 5.26 Å². The highest BCUT2D eigenvalue weighted by Crippen LogP contribution is 2.21. The average molecular weight is 282 g/mol. The van der Waals surface area contributed by atoms with E-state index in [1.54, 1.807) is 13.8 Å². The maximum absolute atomic E-state index is 13.4. The molecule has 1 aromatic rings. The van der Waals surface area contributed by atoms with Crippen molar-refractivity contribution < 1.29 is 18.3 Å². The first-order valence-corrected chi connectivity index (χ1v) is 6.10. The summed E-state index contributed by atoms with van der Waals surface area (Å²) in [6.07, 6.45) is 1.02. The molecule has 0 aliphatic rings. The zero-order valence-electron chi connectivity index (χ0n) is 11.4. The second kappa shape index (κ2) is 6.33. The van der Waals surface area contributed by atoms with E-state index in [0.717, 1.165) is 6.07 Å². The molecule has 0 spiro atoms. The van der Waals surface area contributed by atoms with E-state index in [2.05, 4.69) is 6.07 Å². The van der Waals surface area contributed by atoms with Gasteiger partial charge in [0.05, 0.1) is 29.3 Å². The fourth-order valence-corrected chi connectivity index (χ4v) is 1.53. The molecule has 0 saturated heterocycles.